The molecule has 30 heavy (non-hydrogen) atoms. The molecule has 0 unspecified atom stereocenters. The van der Waals surface area contributed by atoms with Crippen molar-refractivity contribution in [1.82, 2.24) is 14.2 Å². The van der Waals surface area contributed by atoms with Crippen LogP contribution in [0.25, 0.3) is 5.69 Å². The van der Waals surface area contributed by atoms with E-state index in [9.17, 15) is 13.2 Å². The Morgan fingerprint density at radius 3 is 2.23 bits per heavy atom. The Labute approximate surface area is 181 Å². The molecule has 0 atom stereocenters. The third kappa shape index (κ3) is 4.08. The zero-order valence-electron chi connectivity index (χ0n) is 17.1. The molecular weight excluding hydrogens is 418 g/mol. The van der Waals surface area contributed by atoms with Crippen LogP contribution >= 0.6 is 11.3 Å². The molecule has 1 aliphatic heterocycles. The van der Waals surface area contributed by atoms with E-state index in [1.54, 1.807) is 24.3 Å². The lowest BCUT2D eigenvalue weighted by Gasteiger charge is -2.13. The molecule has 1 N–H and O–H groups in total. The summed E-state index contributed by atoms with van der Waals surface area (Å²) in [4.78, 5) is 13.3. The number of carbonyl (C=O) groups is 1. The summed E-state index contributed by atoms with van der Waals surface area (Å²) < 4.78 is 29.3. The maximum absolute atomic E-state index is 12.6. The molecular formula is C22H25N3O3S2. The van der Waals surface area contributed by atoms with Gasteiger partial charge in [-0.15, -0.1) is 11.3 Å². The highest BCUT2D eigenvalue weighted by molar-refractivity contribution is 7.91. The highest BCUT2D eigenvalue weighted by Crippen LogP contribution is 2.27. The summed E-state index contributed by atoms with van der Waals surface area (Å²) >= 11 is 1.22. The van der Waals surface area contributed by atoms with E-state index in [2.05, 4.69) is 22.0 Å². The van der Waals surface area contributed by atoms with E-state index < -0.39 is 10.0 Å². The van der Waals surface area contributed by atoms with E-state index in [4.69, 9.17) is 0 Å². The minimum atomic E-state index is -3.41. The van der Waals surface area contributed by atoms with Gasteiger partial charge in [-0.3, -0.25) is 4.79 Å². The zero-order valence-corrected chi connectivity index (χ0v) is 18.7. The molecule has 8 heteroatoms. The van der Waals surface area contributed by atoms with Gasteiger partial charge in [0, 0.05) is 40.6 Å². The maximum Gasteiger partial charge on any atom is 0.252 e. The van der Waals surface area contributed by atoms with E-state index in [1.807, 2.05) is 26.0 Å². The first-order valence-electron chi connectivity index (χ1n) is 9.99. The lowest BCUT2D eigenvalue weighted by Crippen LogP contribution is -2.27. The number of aryl methyl sites for hydroxylation is 2. The average Bonchev–Trinajstić information content (AvgIpc) is 3.48. The average molecular weight is 444 g/mol. The van der Waals surface area contributed by atoms with Crippen LogP contribution in [0.4, 0.5) is 0 Å². The predicted molar refractivity (Wildman–Crippen MR) is 119 cm³/mol. The molecule has 0 bridgehead atoms. The molecule has 0 radical (unpaired) electrons. The van der Waals surface area contributed by atoms with Crippen molar-refractivity contribution >= 4 is 27.3 Å². The maximum atomic E-state index is 12.6. The SMILES string of the molecule is Cc1ccc(C)n1-c1ccc(C(=O)NCc2ccc(S(=O)(=O)N3CCCC3)s2)cc1. The van der Waals surface area contributed by atoms with Gasteiger partial charge in [-0.25, -0.2) is 8.42 Å². The van der Waals surface area contributed by atoms with Crippen molar-refractivity contribution in [2.45, 2.75) is 37.4 Å². The van der Waals surface area contributed by atoms with E-state index in [-0.39, 0.29) is 5.91 Å². The summed E-state index contributed by atoms with van der Waals surface area (Å²) in [6.45, 7) is 5.57. The Morgan fingerprint density at radius 2 is 1.60 bits per heavy atom. The number of carbonyl (C=O) groups excluding carboxylic acids is 1. The number of thiophene rings is 1. The Kier molecular flexibility index (Phi) is 5.81. The fourth-order valence-electron chi connectivity index (χ4n) is 3.75. The van der Waals surface area contributed by atoms with Gasteiger partial charge in [0.25, 0.3) is 15.9 Å². The zero-order chi connectivity index (χ0) is 21.3. The number of sulfonamides is 1. The molecule has 0 aliphatic carbocycles. The first-order valence-corrected chi connectivity index (χ1v) is 12.2. The molecule has 158 valence electrons. The van der Waals surface area contributed by atoms with Crippen LogP contribution in [0.3, 0.4) is 0 Å². The van der Waals surface area contributed by atoms with E-state index in [0.29, 0.717) is 29.4 Å². The van der Waals surface area contributed by atoms with Gasteiger partial charge < -0.3 is 9.88 Å². The molecule has 6 nitrogen and oxygen atoms in total. The van der Waals surface area contributed by atoms with Gasteiger partial charge in [0.1, 0.15) is 4.21 Å². The Balaban J connectivity index is 1.40. The highest BCUT2D eigenvalue weighted by atomic mass is 32.2. The van der Waals surface area contributed by atoms with Crippen LogP contribution in [0.5, 0.6) is 0 Å². The van der Waals surface area contributed by atoms with Crippen LogP contribution in [0.2, 0.25) is 0 Å². The molecule has 0 spiro atoms. The number of rotatable bonds is 6. The Hall–Kier alpha value is -2.42. The van der Waals surface area contributed by atoms with Crippen molar-refractivity contribution in [1.29, 1.82) is 0 Å². The van der Waals surface area contributed by atoms with Crippen LogP contribution in [-0.2, 0) is 16.6 Å². The number of benzene rings is 1. The highest BCUT2D eigenvalue weighted by Gasteiger charge is 2.28. The quantitative estimate of drug-likeness (QED) is 0.629. The summed E-state index contributed by atoms with van der Waals surface area (Å²) in [7, 11) is -3.41. The summed E-state index contributed by atoms with van der Waals surface area (Å²) in [6, 6.07) is 15.0. The standard InChI is InChI=1S/C22H25N3O3S2/c1-16-5-6-17(2)25(16)19-9-7-18(8-10-19)22(26)23-15-20-11-12-21(29-20)30(27,28)24-13-3-4-14-24/h5-12H,3-4,13-15H2,1-2H3,(H,23,26). The van der Waals surface area contributed by atoms with Gasteiger partial charge in [-0.1, -0.05) is 0 Å². The fraction of sp³-hybridized carbons (Fsp3) is 0.318. The largest absolute Gasteiger partial charge is 0.347 e. The van der Waals surface area contributed by atoms with E-state index >= 15 is 0 Å². The van der Waals surface area contributed by atoms with Crippen molar-refractivity contribution in [2.24, 2.45) is 0 Å². The molecule has 1 amide bonds. The first-order chi connectivity index (χ1) is 14.4. The van der Waals surface area contributed by atoms with Gasteiger partial charge in [-0.05, 0) is 75.2 Å². The Morgan fingerprint density at radius 1 is 0.967 bits per heavy atom. The lowest BCUT2D eigenvalue weighted by molar-refractivity contribution is 0.0951. The predicted octanol–water partition coefficient (Wildman–Crippen LogP) is 3.87. The summed E-state index contributed by atoms with van der Waals surface area (Å²) in [5.74, 6) is -0.181. The molecule has 1 aliphatic rings. The normalized spacial score (nSPS) is 14.9. The van der Waals surface area contributed by atoms with Crippen molar-refractivity contribution < 1.29 is 13.2 Å². The summed E-state index contributed by atoms with van der Waals surface area (Å²) in [6.07, 6.45) is 1.82. The molecule has 3 heterocycles. The molecule has 4 rings (SSSR count). The number of hydrogen-bond donors (Lipinski definition) is 1. The van der Waals surface area contributed by atoms with Gasteiger partial charge in [0.2, 0.25) is 0 Å². The number of aromatic nitrogens is 1. The monoisotopic (exact) mass is 443 g/mol. The minimum Gasteiger partial charge on any atom is -0.347 e. The number of nitrogens with one attached hydrogen (secondary N) is 1. The van der Waals surface area contributed by atoms with Gasteiger partial charge in [0.15, 0.2) is 0 Å². The molecule has 1 aromatic carbocycles. The van der Waals surface area contributed by atoms with Gasteiger partial charge in [0.05, 0.1) is 6.54 Å². The van der Waals surface area contributed by atoms with Crippen LogP contribution < -0.4 is 5.32 Å². The van der Waals surface area contributed by atoms with Crippen molar-refractivity contribution in [3.8, 4) is 5.69 Å². The molecule has 3 aromatic rings. The van der Waals surface area contributed by atoms with Crippen LogP contribution in [0.15, 0.2) is 52.7 Å². The van der Waals surface area contributed by atoms with E-state index in [1.165, 1.54) is 15.6 Å². The van der Waals surface area contributed by atoms with Crippen LogP contribution in [0, 0.1) is 13.8 Å². The number of hydrogen-bond acceptors (Lipinski definition) is 4. The second-order valence-corrected chi connectivity index (χ2v) is 10.8. The third-order valence-corrected chi connectivity index (χ3v) is 8.83. The molecule has 0 saturated carbocycles. The minimum absolute atomic E-state index is 0.181. The first kappa shape index (κ1) is 20.8. The fourth-order valence-corrected chi connectivity index (χ4v) is 6.72. The van der Waals surface area contributed by atoms with Gasteiger partial charge >= 0.3 is 0 Å². The van der Waals surface area contributed by atoms with Gasteiger partial charge in [-0.2, -0.15) is 4.31 Å². The number of nitrogens with zero attached hydrogens (tertiary/aromatic N) is 2. The Bertz CT molecular complexity index is 1140. The van der Waals surface area contributed by atoms with Crippen molar-refractivity contribution in [3.05, 3.63) is 70.4 Å². The van der Waals surface area contributed by atoms with Crippen LogP contribution in [-0.4, -0.2) is 36.3 Å². The second-order valence-electron chi connectivity index (χ2n) is 7.51. The molecule has 1 saturated heterocycles. The van der Waals surface area contributed by atoms with Crippen molar-refractivity contribution in [2.75, 3.05) is 13.1 Å². The topological polar surface area (TPSA) is 71.4 Å². The summed E-state index contributed by atoms with van der Waals surface area (Å²) in [5, 5.41) is 2.88. The van der Waals surface area contributed by atoms with Crippen molar-refractivity contribution in [3.63, 3.8) is 0 Å². The lowest BCUT2D eigenvalue weighted by atomic mass is 10.2. The third-order valence-electron chi connectivity index (χ3n) is 5.38. The van der Waals surface area contributed by atoms with E-state index in [0.717, 1.165) is 34.8 Å². The molecule has 1 fully saturated rings. The smallest absolute Gasteiger partial charge is 0.252 e. The second kappa shape index (κ2) is 8.37. The summed E-state index contributed by atoms with van der Waals surface area (Å²) in [5.41, 5.74) is 3.87. The van der Waals surface area contributed by atoms with Crippen LogP contribution in [0.1, 0.15) is 39.5 Å². The molecule has 2 aromatic heterocycles. The number of amides is 1.